The highest BCUT2D eigenvalue weighted by Crippen LogP contribution is 2.11. The van der Waals surface area contributed by atoms with E-state index >= 15 is 0 Å². The lowest BCUT2D eigenvalue weighted by Crippen LogP contribution is -2.26. The van der Waals surface area contributed by atoms with E-state index in [0.717, 1.165) is 37.8 Å². The third-order valence-electron chi connectivity index (χ3n) is 3.49. The number of unbranched alkanes of at least 4 members (excludes halogenated alkanes) is 3. The van der Waals surface area contributed by atoms with Crippen LogP contribution in [0.25, 0.3) is 0 Å². The van der Waals surface area contributed by atoms with Gasteiger partial charge in [0, 0.05) is 30.5 Å². The molecule has 0 spiro atoms. The second-order valence-electron chi connectivity index (χ2n) is 5.49. The van der Waals surface area contributed by atoms with Crippen molar-refractivity contribution in [2.45, 2.75) is 38.0 Å². The SMILES string of the molecule is O=S(=O)(Cc1ccc(Cl)cc1)NCCCCCCn1ccnc1. The van der Waals surface area contributed by atoms with Gasteiger partial charge in [0.2, 0.25) is 10.0 Å². The average molecular weight is 356 g/mol. The minimum Gasteiger partial charge on any atom is -0.337 e. The van der Waals surface area contributed by atoms with Crippen LogP contribution in [0.5, 0.6) is 0 Å². The summed E-state index contributed by atoms with van der Waals surface area (Å²) in [5, 5.41) is 0.606. The van der Waals surface area contributed by atoms with Crippen molar-refractivity contribution in [1.82, 2.24) is 14.3 Å². The van der Waals surface area contributed by atoms with Gasteiger partial charge in [-0.1, -0.05) is 36.6 Å². The highest BCUT2D eigenvalue weighted by Gasteiger charge is 2.10. The molecule has 1 aromatic carbocycles. The van der Waals surface area contributed by atoms with E-state index in [0.29, 0.717) is 11.6 Å². The van der Waals surface area contributed by atoms with E-state index in [-0.39, 0.29) is 5.75 Å². The Balaban J connectivity index is 1.58. The van der Waals surface area contributed by atoms with Gasteiger partial charge in [0.25, 0.3) is 0 Å². The summed E-state index contributed by atoms with van der Waals surface area (Å²) in [4.78, 5) is 4.00. The molecule has 0 amide bonds. The molecule has 0 saturated heterocycles. The number of aromatic nitrogens is 2. The number of aryl methyl sites for hydroxylation is 1. The van der Waals surface area contributed by atoms with Gasteiger partial charge >= 0.3 is 0 Å². The lowest BCUT2D eigenvalue weighted by Gasteiger charge is -2.07. The van der Waals surface area contributed by atoms with Crippen LogP contribution in [-0.4, -0.2) is 24.5 Å². The molecule has 7 heteroatoms. The molecule has 1 heterocycles. The van der Waals surface area contributed by atoms with Crippen molar-refractivity contribution in [3.8, 4) is 0 Å². The summed E-state index contributed by atoms with van der Waals surface area (Å²) in [7, 11) is -3.28. The van der Waals surface area contributed by atoms with Gasteiger partial charge in [-0.05, 0) is 30.5 Å². The van der Waals surface area contributed by atoms with E-state index in [9.17, 15) is 8.42 Å². The molecular weight excluding hydrogens is 334 g/mol. The smallest absolute Gasteiger partial charge is 0.215 e. The first-order valence-corrected chi connectivity index (χ1v) is 9.76. The fraction of sp³-hybridized carbons (Fsp3) is 0.438. The van der Waals surface area contributed by atoms with Gasteiger partial charge in [0.15, 0.2) is 0 Å². The van der Waals surface area contributed by atoms with Crippen LogP contribution >= 0.6 is 11.6 Å². The summed E-state index contributed by atoms with van der Waals surface area (Å²) in [6.07, 6.45) is 9.55. The van der Waals surface area contributed by atoms with Gasteiger partial charge in [-0.3, -0.25) is 0 Å². The van der Waals surface area contributed by atoms with E-state index in [1.54, 1.807) is 30.5 Å². The van der Waals surface area contributed by atoms with Crippen molar-refractivity contribution in [3.05, 3.63) is 53.6 Å². The summed E-state index contributed by atoms with van der Waals surface area (Å²) >= 11 is 5.79. The van der Waals surface area contributed by atoms with Crippen molar-refractivity contribution >= 4 is 21.6 Å². The summed E-state index contributed by atoms with van der Waals surface area (Å²) < 4.78 is 28.7. The molecule has 0 radical (unpaired) electrons. The number of nitrogens with one attached hydrogen (secondary N) is 1. The maximum atomic E-state index is 12.0. The first-order chi connectivity index (χ1) is 11.1. The Hall–Kier alpha value is -1.37. The number of hydrogen-bond donors (Lipinski definition) is 1. The van der Waals surface area contributed by atoms with E-state index in [1.807, 2.05) is 12.5 Å². The third-order valence-corrected chi connectivity index (χ3v) is 5.10. The number of hydrogen-bond acceptors (Lipinski definition) is 3. The zero-order valence-corrected chi connectivity index (χ0v) is 14.6. The van der Waals surface area contributed by atoms with Crippen LogP contribution in [0.4, 0.5) is 0 Å². The number of rotatable bonds is 10. The Labute approximate surface area is 142 Å². The molecule has 0 aliphatic heterocycles. The molecule has 0 unspecified atom stereocenters. The van der Waals surface area contributed by atoms with E-state index < -0.39 is 10.0 Å². The highest BCUT2D eigenvalue weighted by molar-refractivity contribution is 7.88. The third kappa shape index (κ3) is 7.16. The van der Waals surface area contributed by atoms with Crippen LogP contribution in [0.15, 0.2) is 43.0 Å². The monoisotopic (exact) mass is 355 g/mol. The fourth-order valence-corrected chi connectivity index (χ4v) is 3.59. The van der Waals surface area contributed by atoms with Gasteiger partial charge in [-0.25, -0.2) is 18.1 Å². The molecule has 0 bridgehead atoms. The van der Waals surface area contributed by atoms with Crippen LogP contribution in [0.3, 0.4) is 0 Å². The zero-order chi connectivity index (χ0) is 16.5. The quantitative estimate of drug-likeness (QED) is 0.665. The Bertz CT molecular complexity index is 670. The molecule has 2 aromatic rings. The first-order valence-electron chi connectivity index (χ1n) is 7.73. The van der Waals surface area contributed by atoms with Crippen molar-refractivity contribution < 1.29 is 8.42 Å². The molecule has 1 aromatic heterocycles. The van der Waals surface area contributed by atoms with E-state index in [2.05, 4.69) is 14.3 Å². The summed E-state index contributed by atoms with van der Waals surface area (Å²) in [5.41, 5.74) is 0.738. The minimum atomic E-state index is -3.28. The number of nitrogens with zero attached hydrogens (tertiary/aromatic N) is 2. The van der Waals surface area contributed by atoms with Crippen molar-refractivity contribution in [2.75, 3.05) is 6.54 Å². The first kappa shape index (κ1) is 18.0. The van der Waals surface area contributed by atoms with Gasteiger partial charge in [0.1, 0.15) is 0 Å². The Kier molecular flexibility index (Phi) is 7.08. The maximum Gasteiger partial charge on any atom is 0.215 e. The van der Waals surface area contributed by atoms with Gasteiger partial charge in [-0.2, -0.15) is 0 Å². The molecule has 0 aliphatic rings. The predicted octanol–water partition coefficient (Wildman–Crippen LogP) is 3.22. The van der Waals surface area contributed by atoms with Crippen LogP contribution in [0.1, 0.15) is 31.2 Å². The van der Waals surface area contributed by atoms with Crippen LogP contribution in [0.2, 0.25) is 5.02 Å². The van der Waals surface area contributed by atoms with E-state index in [1.165, 1.54) is 0 Å². The topological polar surface area (TPSA) is 64.0 Å². The van der Waals surface area contributed by atoms with Crippen LogP contribution in [-0.2, 0) is 22.3 Å². The van der Waals surface area contributed by atoms with Gasteiger partial charge in [-0.15, -0.1) is 0 Å². The van der Waals surface area contributed by atoms with Crippen molar-refractivity contribution in [2.24, 2.45) is 0 Å². The Morgan fingerprint density at radius 1 is 1.09 bits per heavy atom. The Morgan fingerprint density at radius 2 is 1.83 bits per heavy atom. The molecule has 1 N–H and O–H groups in total. The van der Waals surface area contributed by atoms with Crippen molar-refractivity contribution in [3.63, 3.8) is 0 Å². The predicted molar refractivity (Wildman–Crippen MR) is 92.8 cm³/mol. The lowest BCUT2D eigenvalue weighted by molar-refractivity contribution is 0.555. The minimum absolute atomic E-state index is 0.00913. The molecule has 0 atom stereocenters. The van der Waals surface area contributed by atoms with Gasteiger partial charge < -0.3 is 4.57 Å². The molecule has 0 fully saturated rings. The number of halogens is 1. The number of imidazole rings is 1. The van der Waals surface area contributed by atoms with Crippen LogP contribution in [0, 0.1) is 0 Å². The second-order valence-corrected chi connectivity index (χ2v) is 7.74. The molecule has 0 saturated carbocycles. The Morgan fingerprint density at radius 3 is 2.52 bits per heavy atom. The van der Waals surface area contributed by atoms with Gasteiger partial charge in [0.05, 0.1) is 12.1 Å². The molecule has 0 aliphatic carbocycles. The molecule has 2 rings (SSSR count). The summed E-state index contributed by atoms with van der Waals surface area (Å²) in [6.45, 7) is 1.45. The molecule has 5 nitrogen and oxygen atoms in total. The van der Waals surface area contributed by atoms with Crippen LogP contribution < -0.4 is 4.72 Å². The average Bonchev–Trinajstić information content (AvgIpc) is 3.02. The number of benzene rings is 1. The summed E-state index contributed by atoms with van der Waals surface area (Å²) in [5.74, 6) is -0.00913. The number of sulfonamides is 1. The second kappa shape index (κ2) is 9.05. The van der Waals surface area contributed by atoms with E-state index in [4.69, 9.17) is 11.6 Å². The fourth-order valence-electron chi connectivity index (χ4n) is 2.27. The molecular formula is C16H22ClN3O2S. The lowest BCUT2D eigenvalue weighted by atomic mass is 10.2. The zero-order valence-electron chi connectivity index (χ0n) is 13.0. The van der Waals surface area contributed by atoms with Crippen molar-refractivity contribution in [1.29, 1.82) is 0 Å². The summed E-state index contributed by atoms with van der Waals surface area (Å²) in [6, 6.07) is 6.87. The largest absolute Gasteiger partial charge is 0.337 e. The standard InChI is InChI=1S/C16H22ClN3O2S/c17-16-7-5-15(6-8-16)13-23(21,22)19-9-3-1-2-4-11-20-12-10-18-14-20/h5-8,10,12,14,19H,1-4,9,11,13H2. The highest BCUT2D eigenvalue weighted by atomic mass is 35.5. The molecule has 23 heavy (non-hydrogen) atoms. The normalized spacial score (nSPS) is 11.7. The molecule has 126 valence electrons. The maximum absolute atomic E-state index is 12.0.